The van der Waals surface area contributed by atoms with Crippen LogP contribution in [0.1, 0.15) is 31.6 Å². The maximum atomic E-state index is 12.1. The van der Waals surface area contributed by atoms with Gasteiger partial charge in [-0.25, -0.2) is 0 Å². The smallest absolute Gasteiger partial charge is 0.273 e. The molecular formula is C13H17N3OS. The summed E-state index contributed by atoms with van der Waals surface area (Å²) < 4.78 is 4.03. The van der Waals surface area contributed by atoms with Crippen LogP contribution in [0, 0.1) is 12.8 Å². The van der Waals surface area contributed by atoms with E-state index in [2.05, 4.69) is 28.5 Å². The van der Waals surface area contributed by atoms with Crippen molar-refractivity contribution in [1.29, 1.82) is 0 Å². The number of rotatable bonds is 3. The Balaban J connectivity index is 2.10. The highest BCUT2D eigenvalue weighted by Gasteiger charge is 2.16. The molecule has 0 saturated carbocycles. The van der Waals surface area contributed by atoms with Crippen molar-refractivity contribution in [3.05, 3.63) is 22.8 Å². The number of nitrogens with zero attached hydrogens (tertiary/aromatic N) is 2. The van der Waals surface area contributed by atoms with Gasteiger partial charge in [-0.2, -0.15) is 4.37 Å². The molecule has 1 aromatic heterocycles. The molecule has 0 bridgehead atoms. The minimum absolute atomic E-state index is 0.142. The number of aliphatic imine (C=N–C) groups is 1. The minimum Gasteiger partial charge on any atom is -0.318 e. The Hall–Kier alpha value is -1.49. The third-order valence-electron chi connectivity index (χ3n) is 2.90. The maximum Gasteiger partial charge on any atom is 0.273 e. The van der Waals surface area contributed by atoms with E-state index in [-0.39, 0.29) is 5.91 Å². The lowest BCUT2D eigenvalue weighted by Crippen LogP contribution is -2.18. The predicted molar refractivity (Wildman–Crippen MR) is 75.1 cm³/mol. The molecule has 1 aromatic rings. The zero-order valence-corrected chi connectivity index (χ0v) is 11.7. The number of hydrogen-bond acceptors (Lipinski definition) is 4. The zero-order chi connectivity index (χ0) is 13.1. The van der Waals surface area contributed by atoms with E-state index in [4.69, 9.17) is 0 Å². The van der Waals surface area contributed by atoms with Crippen molar-refractivity contribution in [1.82, 2.24) is 4.37 Å². The first-order valence-electron chi connectivity index (χ1n) is 6.08. The molecule has 0 radical (unpaired) electrons. The molecule has 0 saturated heterocycles. The van der Waals surface area contributed by atoms with Crippen LogP contribution in [-0.2, 0) is 4.79 Å². The summed E-state index contributed by atoms with van der Waals surface area (Å²) in [5, 5.41) is 2.85. The van der Waals surface area contributed by atoms with E-state index in [1.54, 1.807) is 6.20 Å². The summed E-state index contributed by atoms with van der Waals surface area (Å²) in [6.45, 7) is 6.14. The van der Waals surface area contributed by atoms with E-state index < -0.39 is 0 Å². The molecule has 2 heterocycles. The number of aryl methyl sites for hydroxylation is 1. The molecule has 1 aliphatic heterocycles. The van der Waals surface area contributed by atoms with Crippen LogP contribution in [0.4, 0.5) is 5.69 Å². The van der Waals surface area contributed by atoms with Gasteiger partial charge in [0, 0.05) is 10.6 Å². The van der Waals surface area contributed by atoms with Gasteiger partial charge in [0.1, 0.15) is 5.70 Å². The van der Waals surface area contributed by atoms with Crippen molar-refractivity contribution in [3.63, 3.8) is 0 Å². The number of carbonyl (C=O) groups is 1. The molecule has 0 aromatic carbocycles. The SMILES string of the molecule is Cc1sncc1NC(=O)C1=CCCC(C(C)C)=N1. The van der Waals surface area contributed by atoms with Gasteiger partial charge in [0.25, 0.3) is 5.91 Å². The molecule has 1 amide bonds. The largest absolute Gasteiger partial charge is 0.318 e. The second-order valence-electron chi connectivity index (χ2n) is 4.64. The van der Waals surface area contributed by atoms with Crippen LogP contribution in [0.2, 0.25) is 0 Å². The van der Waals surface area contributed by atoms with Crippen LogP contribution in [0.15, 0.2) is 23.0 Å². The summed E-state index contributed by atoms with van der Waals surface area (Å²) in [7, 11) is 0. The van der Waals surface area contributed by atoms with E-state index in [1.807, 2.05) is 13.0 Å². The first kappa shape index (κ1) is 13.0. The summed E-state index contributed by atoms with van der Waals surface area (Å²) in [6.07, 6.45) is 5.42. The second kappa shape index (κ2) is 5.44. The van der Waals surface area contributed by atoms with Crippen molar-refractivity contribution in [2.75, 3.05) is 5.32 Å². The average Bonchev–Trinajstić information content (AvgIpc) is 2.75. The highest BCUT2D eigenvalue weighted by Crippen LogP contribution is 2.20. The Morgan fingerprint density at radius 1 is 1.50 bits per heavy atom. The number of anilines is 1. The van der Waals surface area contributed by atoms with Gasteiger partial charge in [-0.15, -0.1) is 0 Å². The Bertz CT molecular complexity index is 514. The second-order valence-corrected chi connectivity index (χ2v) is 5.64. The van der Waals surface area contributed by atoms with Crippen molar-refractivity contribution in [3.8, 4) is 0 Å². The van der Waals surface area contributed by atoms with Crippen molar-refractivity contribution < 1.29 is 4.79 Å². The van der Waals surface area contributed by atoms with Crippen molar-refractivity contribution >= 4 is 28.8 Å². The molecule has 0 atom stereocenters. The van der Waals surface area contributed by atoms with Crippen molar-refractivity contribution in [2.24, 2.45) is 10.9 Å². The molecular weight excluding hydrogens is 246 g/mol. The number of aromatic nitrogens is 1. The normalized spacial score (nSPS) is 15.3. The van der Waals surface area contributed by atoms with Gasteiger partial charge < -0.3 is 5.32 Å². The topological polar surface area (TPSA) is 54.4 Å². The van der Waals surface area contributed by atoms with E-state index in [9.17, 15) is 4.79 Å². The van der Waals surface area contributed by atoms with Gasteiger partial charge in [0.05, 0.1) is 11.9 Å². The summed E-state index contributed by atoms with van der Waals surface area (Å²) in [5.41, 5.74) is 2.40. The van der Waals surface area contributed by atoms with Crippen LogP contribution in [-0.4, -0.2) is 16.0 Å². The summed E-state index contributed by atoms with van der Waals surface area (Å²) in [6, 6.07) is 0. The van der Waals surface area contributed by atoms with Gasteiger partial charge in [-0.05, 0) is 37.2 Å². The number of allylic oxidation sites excluding steroid dienone is 1. The van der Waals surface area contributed by atoms with Crippen molar-refractivity contribution in [2.45, 2.75) is 33.6 Å². The standard InChI is InChI=1S/C13H17N3OS/c1-8(2)10-5-4-6-11(15-10)13(17)16-12-7-14-18-9(12)3/h6-8H,4-5H2,1-3H3,(H,16,17). The van der Waals surface area contributed by atoms with Crippen LogP contribution in [0.25, 0.3) is 0 Å². The molecule has 0 unspecified atom stereocenters. The van der Waals surface area contributed by atoms with E-state index in [1.165, 1.54) is 11.5 Å². The van der Waals surface area contributed by atoms with Gasteiger partial charge in [-0.1, -0.05) is 19.9 Å². The van der Waals surface area contributed by atoms with Crippen LogP contribution in [0.3, 0.4) is 0 Å². The summed E-state index contributed by atoms with van der Waals surface area (Å²) in [5.74, 6) is 0.252. The number of nitrogens with one attached hydrogen (secondary N) is 1. The zero-order valence-electron chi connectivity index (χ0n) is 10.9. The molecule has 0 aliphatic carbocycles. The quantitative estimate of drug-likeness (QED) is 0.910. The third-order valence-corrected chi connectivity index (χ3v) is 3.60. The Morgan fingerprint density at radius 2 is 2.28 bits per heavy atom. The molecule has 4 nitrogen and oxygen atoms in total. The van der Waals surface area contributed by atoms with E-state index >= 15 is 0 Å². The monoisotopic (exact) mass is 263 g/mol. The molecule has 2 rings (SSSR count). The minimum atomic E-state index is -0.142. The average molecular weight is 263 g/mol. The van der Waals surface area contributed by atoms with Gasteiger partial charge >= 0.3 is 0 Å². The van der Waals surface area contributed by atoms with E-state index in [0.29, 0.717) is 11.6 Å². The third kappa shape index (κ3) is 2.85. The number of carbonyl (C=O) groups excluding carboxylic acids is 1. The molecule has 0 fully saturated rings. The fourth-order valence-electron chi connectivity index (χ4n) is 1.78. The first-order valence-corrected chi connectivity index (χ1v) is 6.85. The Kier molecular flexibility index (Phi) is 3.91. The van der Waals surface area contributed by atoms with Gasteiger partial charge in [0.15, 0.2) is 0 Å². The van der Waals surface area contributed by atoms with Crippen LogP contribution < -0.4 is 5.32 Å². The van der Waals surface area contributed by atoms with E-state index in [0.717, 1.165) is 29.1 Å². The molecule has 96 valence electrons. The fraction of sp³-hybridized carbons (Fsp3) is 0.462. The van der Waals surface area contributed by atoms with Crippen LogP contribution in [0.5, 0.6) is 0 Å². The first-order chi connectivity index (χ1) is 8.58. The summed E-state index contributed by atoms with van der Waals surface area (Å²) >= 11 is 1.38. The molecule has 0 spiro atoms. The molecule has 18 heavy (non-hydrogen) atoms. The fourth-order valence-corrected chi connectivity index (χ4v) is 2.30. The lowest BCUT2D eigenvalue weighted by molar-refractivity contribution is -0.112. The maximum absolute atomic E-state index is 12.1. The number of hydrogen-bond donors (Lipinski definition) is 1. The highest BCUT2D eigenvalue weighted by molar-refractivity contribution is 7.06. The van der Waals surface area contributed by atoms with Gasteiger partial charge in [-0.3, -0.25) is 9.79 Å². The van der Waals surface area contributed by atoms with Gasteiger partial charge in [0.2, 0.25) is 0 Å². The highest BCUT2D eigenvalue weighted by atomic mass is 32.1. The lowest BCUT2D eigenvalue weighted by atomic mass is 10.0. The molecule has 5 heteroatoms. The van der Waals surface area contributed by atoms with Crippen LogP contribution >= 0.6 is 11.5 Å². The predicted octanol–water partition coefficient (Wildman–Crippen LogP) is 3.16. The molecule has 1 N–H and O–H groups in total. The Morgan fingerprint density at radius 3 is 2.89 bits per heavy atom. The summed E-state index contributed by atoms with van der Waals surface area (Å²) in [4.78, 5) is 17.5. The Labute approximate surface area is 111 Å². The lowest BCUT2D eigenvalue weighted by Gasteiger charge is -2.15. The number of amides is 1. The molecule has 1 aliphatic rings.